The van der Waals surface area contributed by atoms with E-state index in [1.54, 1.807) is 18.3 Å². The van der Waals surface area contributed by atoms with Crippen molar-refractivity contribution in [3.63, 3.8) is 0 Å². The molecule has 1 N–H and O–H groups in total. The first-order valence-corrected chi connectivity index (χ1v) is 10.0. The number of pyridine rings is 1. The van der Waals surface area contributed by atoms with Crippen molar-refractivity contribution < 1.29 is 9.21 Å². The standard InChI is InChI=1S/C22H16BrN3O3/c23-16-6-3-9-24-18(16)11-19-14-4-1-2-5-15(14)21(27)26(19)12-13-7-8-17-20(10-13)29-22(28)25-17/h1-10,19H,11-12H2,(H,25,28)/t19-/m0/s1. The molecule has 0 aliphatic carbocycles. The van der Waals surface area contributed by atoms with Gasteiger partial charge in [-0.15, -0.1) is 0 Å². The van der Waals surface area contributed by atoms with Gasteiger partial charge in [-0.25, -0.2) is 4.79 Å². The minimum Gasteiger partial charge on any atom is -0.408 e. The Morgan fingerprint density at radius 3 is 2.83 bits per heavy atom. The molecule has 0 bridgehead atoms. The topological polar surface area (TPSA) is 79.2 Å². The molecule has 0 saturated heterocycles. The number of benzene rings is 2. The summed E-state index contributed by atoms with van der Waals surface area (Å²) >= 11 is 3.56. The summed E-state index contributed by atoms with van der Waals surface area (Å²) in [5, 5.41) is 0. The molecular weight excluding hydrogens is 434 g/mol. The van der Waals surface area contributed by atoms with Gasteiger partial charge in [0.15, 0.2) is 5.58 Å². The summed E-state index contributed by atoms with van der Waals surface area (Å²) in [5.74, 6) is -0.493. The molecule has 1 aliphatic rings. The molecule has 3 heterocycles. The van der Waals surface area contributed by atoms with E-state index in [-0.39, 0.29) is 11.9 Å². The van der Waals surface area contributed by atoms with Gasteiger partial charge in [0.1, 0.15) is 0 Å². The number of fused-ring (bicyclic) bond motifs is 2. The molecule has 2 aromatic heterocycles. The van der Waals surface area contributed by atoms with Crippen LogP contribution in [0.1, 0.15) is 33.2 Å². The Kier molecular flexibility index (Phi) is 4.32. The number of aromatic nitrogens is 2. The van der Waals surface area contributed by atoms with Crippen LogP contribution in [-0.2, 0) is 13.0 Å². The number of oxazole rings is 1. The number of halogens is 1. The average Bonchev–Trinajstić information content (AvgIpc) is 3.21. The van der Waals surface area contributed by atoms with Gasteiger partial charge in [0.2, 0.25) is 0 Å². The first kappa shape index (κ1) is 17.9. The van der Waals surface area contributed by atoms with E-state index in [9.17, 15) is 9.59 Å². The number of hydrogen-bond donors (Lipinski definition) is 1. The van der Waals surface area contributed by atoms with Crippen molar-refractivity contribution in [3.05, 3.63) is 98.2 Å². The predicted molar refractivity (Wildman–Crippen MR) is 112 cm³/mol. The van der Waals surface area contributed by atoms with Crippen molar-refractivity contribution in [1.29, 1.82) is 0 Å². The third-order valence-corrected chi connectivity index (χ3v) is 5.97. The van der Waals surface area contributed by atoms with Gasteiger partial charge in [0, 0.05) is 29.2 Å². The number of carbonyl (C=O) groups excluding carboxylic acids is 1. The maximum atomic E-state index is 13.2. The minimum absolute atomic E-state index is 0.00623. The maximum Gasteiger partial charge on any atom is 0.417 e. The van der Waals surface area contributed by atoms with Crippen LogP contribution in [0.2, 0.25) is 0 Å². The Bertz CT molecular complexity index is 1290. The lowest BCUT2D eigenvalue weighted by Crippen LogP contribution is -2.29. The highest BCUT2D eigenvalue weighted by atomic mass is 79.9. The van der Waals surface area contributed by atoms with Crippen LogP contribution in [0.15, 0.2) is 74.5 Å². The molecule has 7 heteroatoms. The second-order valence-corrected chi connectivity index (χ2v) is 7.87. The van der Waals surface area contributed by atoms with E-state index < -0.39 is 5.76 Å². The minimum atomic E-state index is -0.486. The van der Waals surface area contributed by atoms with Crippen LogP contribution in [-0.4, -0.2) is 20.8 Å². The first-order chi connectivity index (χ1) is 14.1. The number of aromatic amines is 1. The van der Waals surface area contributed by atoms with Gasteiger partial charge >= 0.3 is 5.76 Å². The quantitative estimate of drug-likeness (QED) is 0.505. The molecule has 0 spiro atoms. The summed E-state index contributed by atoms with van der Waals surface area (Å²) in [6.45, 7) is 0.410. The van der Waals surface area contributed by atoms with Gasteiger partial charge in [-0.2, -0.15) is 0 Å². The summed E-state index contributed by atoms with van der Waals surface area (Å²) in [6.07, 6.45) is 2.36. The second-order valence-electron chi connectivity index (χ2n) is 7.02. The van der Waals surface area contributed by atoms with Crippen molar-refractivity contribution in [3.8, 4) is 0 Å². The summed E-state index contributed by atoms with van der Waals surface area (Å²) in [6, 6.07) is 16.9. The Morgan fingerprint density at radius 2 is 1.97 bits per heavy atom. The van der Waals surface area contributed by atoms with Gasteiger partial charge in [0.05, 0.1) is 17.3 Å². The van der Waals surface area contributed by atoms with Crippen LogP contribution < -0.4 is 5.76 Å². The van der Waals surface area contributed by atoms with E-state index in [1.807, 2.05) is 47.4 Å². The highest BCUT2D eigenvalue weighted by Gasteiger charge is 2.36. The number of nitrogens with one attached hydrogen (secondary N) is 1. The van der Waals surface area contributed by atoms with Crippen LogP contribution in [0.3, 0.4) is 0 Å². The van der Waals surface area contributed by atoms with Gasteiger partial charge in [-0.3, -0.25) is 14.8 Å². The normalized spacial score (nSPS) is 15.8. The molecule has 0 unspecified atom stereocenters. The SMILES string of the molecule is O=C1c2ccccc2[C@H](Cc2ncccc2Br)N1Cc1ccc2[nH]c(=O)oc2c1. The molecule has 144 valence electrons. The number of amides is 1. The molecule has 5 rings (SSSR count). The third-order valence-electron chi connectivity index (χ3n) is 5.25. The fraction of sp³-hybridized carbons (Fsp3) is 0.136. The van der Waals surface area contributed by atoms with Gasteiger partial charge < -0.3 is 9.32 Å². The third kappa shape index (κ3) is 3.17. The second kappa shape index (κ2) is 7.00. The Hall–Kier alpha value is -3.19. The van der Waals surface area contributed by atoms with E-state index >= 15 is 0 Å². The molecule has 1 aliphatic heterocycles. The van der Waals surface area contributed by atoms with Crippen molar-refractivity contribution in [2.75, 3.05) is 0 Å². The first-order valence-electron chi connectivity index (χ1n) is 9.21. The average molecular weight is 450 g/mol. The van der Waals surface area contributed by atoms with Gasteiger partial charge in [0.25, 0.3) is 5.91 Å². The number of rotatable bonds is 4. The number of nitrogens with zero attached hydrogens (tertiary/aromatic N) is 2. The van der Waals surface area contributed by atoms with Crippen LogP contribution in [0, 0.1) is 0 Å². The summed E-state index contributed by atoms with van der Waals surface area (Å²) in [7, 11) is 0. The van der Waals surface area contributed by atoms with Crippen molar-refractivity contribution in [2.24, 2.45) is 0 Å². The molecule has 1 atom stereocenters. The monoisotopic (exact) mass is 449 g/mol. The van der Waals surface area contributed by atoms with E-state index in [4.69, 9.17) is 4.42 Å². The summed E-state index contributed by atoms with van der Waals surface area (Å²) in [5.41, 5.74) is 4.65. The lowest BCUT2D eigenvalue weighted by molar-refractivity contribution is 0.0708. The predicted octanol–water partition coefficient (Wildman–Crippen LogP) is 4.22. The maximum absolute atomic E-state index is 13.2. The Morgan fingerprint density at radius 1 is 1.10 bits per heavy atom. The zero-order valence-corrected chi connectivity index (χ0v) is 16.8. The summed E-state index contributed by atoms with van der Waals surface area (Å²) < 4.78 is 6.09. The lowest BCUT2D eigenvalue weighted by atomic mass is 10.0. The zero-order chi connectivity index (χ0) is 20.0. The molecule has 1 amide bonds. The fourth-order valence-corrected chi connectivity index (χ4v) is 4.30. The molecule has 0 fully saturated rings. The van der Waals surface area contributed by atoms with Crippen LogP contribution in [0.4, 0.5) is 0 Å². The van der Waals surface area contributed by atoms with Crippen LogP contribution in [0.25, 0.3) is 11.1 Å². The number of H-pyrrole nitrogens is 1. The van der Waals surface area contributed by atoms with Crippen molar-refractivity contribution in [1.82, 2.24) is 14.9 Å². The Balaban J connectivity index is 1.53. The van der Waals surface area contributed by atoms with Gasteiger partial charge in [-0.1, -0.05) is 24.3 Å². The summed E-state index contributed by atoms with van der Waals surface area (Å²) in [4.78, 5) is 33.6. The van der Waals surface area contributed by atoms with E-state index in [1.165, 1.54) is 0 Å². The van der Waals surface area contributed by atoms with E-state index in [2.05, 4.69) is 25.9 Å². The smallest absolute Gasteiger partial charge is 0.408 e. The van der Waals surface area contributed by atoms with Crippen LogP contribution >= 0.6 is 15.9 Å². The molecule has 29 heavy (non-hydrogen) atoms. The molecule has 2 aromatic carbocycles. The Labute approximate surface area is 174 Å². The van der Waals surface area contributed by atoms with Crippen molar-refractivity contribution in [2.45, 2.75) is 19.0 Å². The van der Waals surface area contributed by atoms with E-state index in [0.29, 0.717) is 24.1 Å². The van der Waals surface area contributed by atoms with Gasteiger partial charge in [-0.05, 0) is 57.4 Å². The number of carbonyl (C=O) groups is 1. The molecule has 6 nitrogen and oxygen atoms in total. The molecule has 0 saturated carbocycles. The number of hydrogen-bond acceptors (Lipinski definition) is 4. The van der Waals surface area contributed by atoms with Crippen LogP contribution in [0.5, 0.6) is 0 Å². The highest BCUT2D eigenvalue weighted by molar-refractivity contribution is 9.10. The molecule has 0 radical (unpaired) electrons. The fourth-order valence-electron chi connectivity index (χ4n) is 3.89. The highest BCUT2D eigenvalue weighted by Crippen LogP contribution is 2.37. The largest absolute Gasteiger partial charge is 0.417 e. The molecule has 4 aromatic rings. The zero-order valence-electron chi connectivity index (χ0n) is 15.3. The van der Waals surface area contributed by atoms with E-state index in [0.717, 1.165) is 26.9 Å². The lowest BCUT2D eigenvalue weighted by Gasteiger charge is -2.25. The van der Waals surface area contributed by atoms with Crippen molar-refractivity contribution >= 4 is 32.9 Å². The molecular formula is C22H16BrN3O3.